The van der Waals surface area contributed by atoms with Gasteiger partial charge in [0.1, 0.15) is 5.75 Å². The van der Waals surface area contributed by atoms with Gasteiger partial charge < -0.3 is 4.74 Å². The zero-order valence-electron chi connectivity index (χ0n) is 12.4. The Hall–Kier alpha value is -1.98. The Morgan fingerprint density at radius 1 is 1.13 bits per heavy atom. The third-order valence-electron chi connectivity index (χ3n) is 3.52. The van der Waals surface area contributed by atoms with Crippen LogP contribution in [0.15, 0.2) is 53.4 Å². The number of amides is 2. The second-order valence-electron chi connectivity index (χ2n) is 5.00. The number of halogens is 1. The summed E-state index contributed by atoms with van der Waals surface area (Å²) in [5.41, 5.74) is 0.490. The number of thioether (sulfide) groups is 1. The third kappa shape index (κ3) is 3.21. The molecular weight excluding hydrogens is 334 g/mol. The van der Waals surface area contributed by atoms with E-state index in [2.05, 4.69) is 0 Å². The second-order valence-corrected chi connectivity index (χ2v) is 6.72. The number of imide groups is 1. The van der Waals surface area contributed by atoms with E-state index in [1.807, 2.05) is 12.1 Å². The number of anilines is 1. The highest BCUT2D eigenvalue weighted by Crippen LogP contribution is 2.37. The molecule has 1 saturated heterocycles. The van der Waals surface area contributed by atoms with Crippen LogP contribution in [0.3, 0.4) is 0 Å². The predicted molar refractivity (Wildman–Crippen MR) is 91.2 cm³/mol. The molecule has 1 atom stereocenters. The number of hydrogen-bond acceptors (Lipinski definition) is 4. The summed E-state index contributed by atoms with van der Waals surface area (Å²) >= 11 is 7.24. The summed E-state index contributed by atoms with van der Waals surface area (Å²) in [6.45, 7) is 0. The molecule has 0 N–H and O–H groups in total. The van der Waals surface area contributed by atoms with Crippen molar-refractivity contribution in [1.82, 2.24) is 0 Å². The van der Waals surface area contributed by atoms with E-state index >= 15 is 0 Å². The maximum atomic E-state index is 12.7. The standard InChI is InChI=1S/C17H14ClNO3S/c1-22-14-5-3-2-4-13(14)19-16(20)10-15(17(19)21)23-12-8-6-11(18)7-9-12/h2-9,15H,10H2,1H3/t15-/m1/s1. The number of hydrogen-bond donors (Lipinski definition) is 0. The van der Waals surface area contributed by atoms with Crippen LogP contribution < -0.4 is 9.64 Å². The number of ether oxygens (including phenoxy) is 1. The highest BCUT2D eigenvalue weighted by molar-refractivity contribution is 8.00. The Balaban J connectivity index is 1.84. The van der Waals surface area contributed by atoms with E-state index in [4.69, 9.17) is 16.3 Å². The minimum Gasteiger partial charge on any atom is -0.495 e. The minimum absolute atomic E-state index is 0.171. The smallest absolute Gasteiger partial charge is 0.247 e. The summed E-state index contributed by atoms with van der Waals surface area (Å²) in [6.07, 6.45) is 0.171. The lowest BCUT2D eigenvalue weighted by Gasteiger charge is -2.17. The zero-order chi connectivity index (χ0) is 16.4. The maximum absolute atomic E-state index is 12.7. The van der Waals surface area contributed by atoms with Crippen molar-refractivity contribution in [1.29, 1.82) is 0 Å². The summed E-state index contributed by atoms with van der Waals surface area (Å²) in [5.74, 6) is 0.0664. The average Bonchev–Trinajstić information content (AvgIpc) is 2.83. The largest absolute Gasteiger partial charge is 0.495 e. The van der Waals surface area contributed by atoms with Gasteiger partial charge in [0.15, 0.2) is 0 Å². The van der Waals surface area contributed by atoms with Gasteiger partial charge in [-0.25, -0.2) is 4.90 Å². The molecule has 6 heteroatoms. The highest BCUT2D eigenvalue weighted by atomic mass is 35.5. The molecule has 1 aliphatic heterocycles. The second kappa shape index (κ2) is 6.64. The quantitative estimate of drug-likeness (QED) is 0.790. The van der Waals surface area contributed by atoms with Gasteiger partial charge in [-0.2, -0.15) is 0 Å². The topological polar surface area (TPSA) is 46.6 Å². The van der Waals surface area contributed by atoms with Crippen molar-refractivity contribution in [3.05, 3.63) is 53.6 Å². The number of para-hydroxylation sites is 2. The molecule has 2 aromatic rings. The van der Waals surface area contributed by atoms with Crippen molar-refractivity contribution in [2.24, 2.45) is 0 Å². The van der Waals surface area contributed by atoms with Crippen LogP contribution in [-0.2, 0) is 9.59 Å². The van der Waals surface area contributed by atoms with Crippen LogP contribution in [0.4, 0.5) is 5.69 Å². The van der Waals surface area contributed by atoms with E-state index in [0.29, 0.717) is 16.5 Å². The van der Waals surface area contributed by atoms with E-state index in [1.54, 1.807) is 36.4 Å². The molecule has 0 unspecified atom stereocenters. The first-order valence-corrected chi connectivity index (χ1v) is 8.28. The van der Waals surface area contributed by atoms with Gasteiger partial charge in [0, 0.05) is 16.3 Å². The normalized spacial score (nSPS) is 17.7. The fourth-order valence-electron chi connectivity index (χ4n) is 2.44. The Kier molecular flexibility index (Phi) is 4.59. The summed E-state index contributed by atoms with van der Waals surface area (Å²) in [4.78, 5) is 27.1. The number of rotatable bonds is 4. The molecule has 0 radical (unpaired) electrons. The van der Waals surface area contributed by atoms with Crippen molar-refractivity contribution in [3.8, 4) is 5.75 Å². The lowest BCUT2D eigenvalue weighted by Crippen LogP contribution is -2.31. The summed E-state index contributed by atoms with van der Waals surface area (Å²) in [5, 5.41) is 0.201. The van der Waals surface area contributed by atoms with Crippen molar-refractivity contribution < 1.29 is 14.3 Å². The first-order valence-electron chi connectivity index (χ1n) is 7.02. The Labute approximate surface area is 143 Å². The molecule has 0 spiro atoms. The van der Waals surface area contributed by atoms with Gasteiger partial charge in [0.05, 0.1) is 18.0 Å². The van der Waals surface area contributed by atoms with Crippen molar-refractivity contribution >= 4 is 40.9 Å². The van der Waals surface area contributed by atoms with E-state index in [9.17, 15) is 9.59 Å². The number of nitrogens with zero attached hydrogens (tertiary/aromatic N) is 1. The van der Waals surface area contributed by atoms with Gasteiger partial charge >= 0.3 is 0 Å². The molecule has 23 heavy (non-hydrogen) atoms. The number of carbonyl (C=O) groups is 2. The lowest BCUT2D eigenvalue weighted by atomic mass is 10.2. The molecule has 1 aliphatic rings. The summed E-state index contributed by atoms with van der Waals surface area (Å²) in [6, 6.07) is 14.2. The van der Waals surface area contributed by atoms with Crippen molar-refractivity contribution in [2.45, 2.75) is 16.6 Å². The molecule has 0 saturated carbocycles. The van der Waals surface area contributed by atoms with Crippen LogP contribution >= 0.6 is 23.4 Å². The number of methoxy groups -OCH3 is 1. The maximum Gasteiger partial charge on any atom is 0.247 e. The van der Waals surface area contributed by atoms with Crippen LogP contribution in [0, 0.1) is 0 Å². The molecule has 1 fully saturated rings. The third-order valence-corrected chi connectivity index (χ3v) is 4.97. The van der Waals surface area contributed by atoms with E-state index < -0.39 is 5.25 Å². The summed E-state index contributed by atoms with van der Waals surface area (Å²) < 4.78 is 5.25. The van der Waals surface area contributed by atoms with Gasteiger partial charge in [-0.1, -0.05) is 23.7 Å². The molecule has 1 heterocycles. The molecule has 0 bridgehead atoms. The highest BCUT2D eigenvalue weighted by Gasteiger charge is 2.41. The molecule has 0 aliphatic carbocycles. The van der Waals surface area contributed by atoms with Crippen molar-refractivity contribution in [3.63, 3.8) is 0 Å². The first kappa shape index (κ1) is 15.9. The fraction of sp³-hybridized carbons (Fsp3) is 0.176. The predicted octanol–water partition coefficient (Wildman–Crippen LogP) is 3.77. The van der Waals surface area contributed by atoms with Crippen LogP contribution in [0.1, 0.15) is 6.42 Å². The SMILES string of the molecule is COc1ccccc1N1C(=O)C[C@@H](Sc2ccc(Cl)cc2)C1=O. The van der Waals surface area contributed by atoms with Gasteiger partial charge in [0.2, 0.25) is 11.8 Å². The van der Waals surface area contributed by atoms with E-state index in [0.717, 1.165) is 4.90 Å². The van der Waals surface area contributed by atoms with Gasteiger partial charge in [-0.15, -0.1) is 11.8 Å². The first-order chi connectivity index (χ1) is 11.1. The number of carbonyl (C=O) groups excluding carboxylic acids is 2. The van der Waals surface area contributed by atoms with Crippen LogP contribution in [0.5, 0.6) is 5.75 Å². The van der Waals surface area contributed by atoms with E-state index in [1.165, 1.54) is 23.8 Å². The molecule has 2 aromatic carbocycles. The van der Waals surface area contributed by atoms with Crippen molar-refractivity contribution in [2.75, 3.05) is 12.0 Å². The fourth-order valence-corrected chi connectivity index (χ4v) is 3.62. The Morgan fingerprint density at radius 2 is 1.83 bits per heavy atom. The molecule has 4 nitrogen and oxygen atoms in total. The Morgan fingerprint density at radius 3 is 2.52 bits per heavy atom. The Bertz CT molecular complexity index is 748. The number of benzene rings is 2. The van der Waals surface area contributed by atoms with Crippen LogP contribution in [0.25, 0.3) is 0 Å². The molecule has 0 aromatic heterocycles. The van der Waals surface area contributed by atoms with Gasteiger partial charge in [-0.3, -0.25) is 9.59 Å². The van der Waals surface area contributed by atoms with Gasteiger partial charge in [-0.05, 0) is 36.4 Å². The summed E-state index contributed by atoms with van der Waals surface area (Å²) in [7, 11) is 1.52. The molecular formula is C17H14ClNO3S. The molecule has 2 amide bonds. The minimum atomic E-state index is -0.436. The van der Waals surface area contributed by atoms with Crippen LogP contribution in [0.2, 0.25) is 5.02 Å². The average molecular weight is 348 g/mol. The lowest BCUT2D eigenvalue weighted by molar-refractivity contribution is -0.121. The molecule has 118 valence electrons. The van der Waals surface area contributed by atoms with Gasteiger partial charge in [0.25, 0.3) is 0 Å². The monoisotopic (exact) mass is 347 g/mol. The van der Waals surface area contributed by atoms with Crippen LogP contribution in [-0.4, -0.2) is 24.2 Å². The zero-order valence-corrected chi connectivity index (χ0v) is 13.9. The molecule has 3 rings (SSSR count). The van der Waals surface area contributed by atoms with E-state index in [-0.39, 0.29) is 18.2 Å².